The molecule has 7 nitrogen and oxygen atoms in total. The quantitative estimate of drug-likeness (QED) is 0.596. The van der Waals surface area contributed by atoms with Crippen molar-refractivity contribution in [2.45, 2.75) is 18.7 Å². The lowest BCUT2D eigenvalue weighted by Crippen LogP contribution is -2.28. The lowest BCUT2D eigenvalue weighted by molar-refractivity contribution is -0.114. The summed E-state index contributed by atoms with van der Waals surface area (Å²) < 4.78 is 31.8. The molecule has 1 amide bonds. The highest BCUT2D eigenvalue weighted by Crippen LogP contribution is 2.20. The number of amides is 1. The Morgan fingerprint density at radius 2 is 2.05 bits per heavy atom. The molecule has 8 heteroatoms. The van der Waals surface area contributed by atoms with Crippen LogP contribution in [0.1, 0.15) is 12.5 Å². The summed E-state index contributed by atoms with van der Waals surface area (Å²) in [4.78, 5) is 11.1. The van der Waals surface area contributed by atoms with Gasteiger partial charge in [-0.2, -0.15) is 0 Å². The maximum Gasteiger partial charge on any atom is 0.240 e. The highest BCUT2D eigenvalue weighted by Gasteiger charge is 2.17. The molecule has 0 saturated carbocycles. The topological polar surface area (TPSA) is 105 Å². The Morgan fingerprint density at radius 1 is 1.33 bits per heavy atom. The predicted molar refractivity (Wildman–Crippen MR) is 78.6 cm³/mol. The molecular formula is C13H20N2O5S. The molecule has 0 spiro atoms. The zero-order chi connectivity index (χ0) is 15.9. The van der Waals surface area contributed by atoms with Gasteiger partial charge in [-0.1, -0.05) is 6.07 Å². The van der Waals surface area contributed by atoms with E-state index in [9.17, 15) is 13.2 Å². The number of carbonyl (C=O) groups excluding carboxylic acids is 1. The highest BCUT2D eigenvalue weighted by atomic mass is 32.2. The van der Waals surface area contributed by atoms with Crippen LogP contribution in [0, 0.1) is 6.92 Å². The van der Waals surface area contributed by atoms with Gasteiger partial charge in [0.05, 0.1) is 24.7 Å². The number of aryl methyl sites for hydroxylation is 1. The largest absolute Gasteiger partial charge is 0.394 e. The van der Waals surface area contributed by atoms with Gasteiger partial charge in [0.1, 0.15) is 0 Å². The van der Waals surface area contributed by atoms with Crippen LogP contribution in [0.5, 0.6) is 0 Å². The maximum absolute atomic E-state index is 12.2. The Bertz CT molecular complexity index is 586. The van der Waals surface area contributed by atoms with Crippen molar-refractivity contribution in [1.82, 2.24) is 4.72 Å². The minimum absolute atomic E-state index is 0.103. The summed E-state index contributed by atoms with van der Waals surface area (Å²) in [6.45, 7) is 3.36. The first kappa shape index (κ1) is 17.6. The molecule has 0 unspecified atom stereocenters. The lowest BCUT2D eigenvalue weighted by atomic mass is 10.2. The summed E-state index contributed by atoms with van der Waals surface area (Å²) in [6.07, 6.45) is 0. The van der Waals surface area contributed by atoms with E-state index in [2.05, 4.69) is 10.0 Å². The molecule has 0 aromatic heterocycles. The molecule has 0 aliphatic heterocycles. The second-order valence-corrected chi connectivity index (χ2v) is 6.13. The van der Waals surface area contributed by atoms with Crippen LogP contribution in [0.25, 0.3) is 0 Å². The maximum atomic E-state index is 12.2. The Hall–Kier alpha value is -1.48. The van der Waals surface area contributed by atoms with Gasteiger partial charge in [0.25, 0.3) is 0 Å². The van der Waals surface area contributed by atoms with E-state index in [1.807, 2.05) is 0 Å². The number of rotatable bonds is 8. The standard InChI is InChI=1S/C13H20N2O5S/c1-10-3-4-12(15-11(2)17)9-13(10)21(18,19)14-5-7-20-8-6-16/h3-4,9,14,16H,5-8H2,1-2H3,(H,15,17). The molecule has 1 aromatic carbocycles. The van der Waals surface area contributed by atoms with Crippen molar-refractivity contribution in [3.8, 4) is 0 Å². The molecule has 0 fully saturated rings. The van der Waals surface area contributed by atoms with Crippen molar-refractivity contribution in [2.75, 3.05) is 31.7 Å². The summed E-state index contributed by atoms with van der Waals surface area (Å²) in [5.41, 5.74) is 0.998. The molecule has 0 aliphatic rings. The van der Waals surface area contributed by atoms with Gasteiger partial charge in [-0.3, -0.25) is 4.79 Å². The first-order chi connectivity index (χ1) is 9.86. The van der Waals surface area contributed by atoms with E-state index in [1.54, 1.807) is 19.1 Å². The van der Waals surface area contributed by atoms with Crippen LogP contribution >= 0.6 is 0 Å². The molecule has 0 bridgehead atoms. The van der Waals surface area contributed by atoms with Crippen LogP contribution in [0.4, 0.5) is 5.69 Å². The third-order valence-corrected chi connectivity index (χ3v) is 4.18. The summed E-state index contributed by atoms with van der Waals surface area (Å²) in [7, 11) is -3.68. The van der Waals surface area contributed by atoms with Crippen molar-refractivity contribution in [3.05, 3.63) is 23.8 Å². The van der Waals surface area contributed by atoms with Crippen molar-refractivity contribution < 1.29 is 23.1 Å². The van der Waals surface area contributed by atoms with Gasteiger partial charge in [-0.25, -0.2) is 13.1 Å². The predicted octanol–water partition coefficient (Wildman–Crippen LogP) is 0.241. The smallest absolute Gasteiger partial charge is 0.240 e. The number of benzene rings is 1. The summed E-state index contributed by atoms with van der Waals surface area (Å²) in [5, 5.41) is 11.1. The van der Waals surface area contributed by atoms with Gasteiger partial charge in [0.2, 0.25) is 15.9 Å². The van der Waals surface area contributed by atoms with E-state index < -0.39 is 10.0 Å². The third kappa shape index (κ3) is 5.80. The Labute approximate surface area is 124 Å². The van der Waals surface area contributed by atoms with Gasteiger partial charge in [0, 0.05) is 19.2 Å². The molecule has 1 rings (SSSR count). The second-order valence-electron chi connectivity index (χ2n) is 4.40. The zero-order valence-corrected chi connectivity index (χ0v) is 12.9. The summed E-state index contributed by atoms with van der Waals surface area (Å²) in [5.74, 6) is -0.271. The Balaban J connectivity index is 2.79. The van der Waals surface area contributed by atoms with E-state index in [4.69, 9.17) is 9.84 Å². The average molecular weight is 316 g/mol. The monoisotopic (exact) mass is 316 g/mol. The van der Waals surface area contributed by atoms with E-state index >= 15 is 0 Å². The lowest BCUT2D eigenvalue weighted by Gasteiger charge is -2.11. The summed E-state index contributed by atoms with van der Waals surface area (Å²) in [6, 6.07) is 4.68. The first-order valence-electron chi connectivity index (χ1n) is 6.43. The van der Waals surface area contributed by atoms with Crippen LogP contribution in [-0.2, 0) is 19.6 Å². The Kier molecular flexibility index (Phi) is 6.76. The zero-order valence-electron chi connectivity index (χ0n) is 12.0. The van der Waals surface area contributed by atoms with Gasteiger partial charge < -0.3 is 15.2 Å². The fourth-order valence-corrected chi connectivity index (χ4v) is 2.94. The number of anilines is 1. The minimum atomic E-state index is -3.68. The summed E-state index contributed by atoms with van der Waals surface area (Å²) >= 11 is 0. The van der Waals surface area contributed by atoms with E-state index in [0.717, 1.165) is 0 Å². The van der Waals surface area contributed by atoms with Gasteiger partial charge >= 0.3 is 0 Å². The number of sulfonamides is 1. The molecule has 0 saturated heterocycles. The SMILES string of the molecule is CC(=O)Nc1ccc(C)c(S(=O)(=O)NCCOCCO)c1. The van der Waals surface area contributed by atoms with E-state index in [-0.39, 0.29) is 37.2 Å². The van der Waals surface area contributed by atoms with Gasteiger partial charge in [0.15, 0.2) is 0 Å². The van der Waals surface area contributed by atoms with Crippen LogP contribution in [0.15, 0.2) is 23.1 Å². The number of hydrogen-bond acceptors (Lipinski definition) is 5. The first-order valence-corrected chi connectivity index (χ1v) is 7.91. The van der Waals surface area contributed by atoms with Crippen molar-refractivity contribution in [2.24, 2.45) is 0 Å². The van der Waals surface area contributed by atoms with Crippen LogP contribution < -0.4 is 10.0 Å². The molecule has 0 heterocycles. The average Bonchev–Trinajstić information content (AvgIpc) is 2.40. The van der Waals surface area contributed by atoms with Crippen LogP contribution in [0.3, 0.4) is 0 Å². The van der Waals surface area contributed by atoms with Gasteiger partial charge in [-0.15, -0.1) is 0 Å². The number of nitrogens with one attached hydrogen (secondary N) is 2. The number of aliphatic hydroxyl groups is 1. The number of carbonyl (C=O) groups is 1. The molecule has 0 aliphatic carbocycles. The van der Waals surface area contributed by atoms with E-state index in [1.165, 1.54) is 13.0 Å². The number of hydrogen-bond donors (Lipinski definition) is 3. The molecule has 0 radical (unpaired) electrons. The molecule has 3 N–H and O–H groups in total. The number of ether oxygens (including phenoxy) is 1. The fourth-order valence-electron chi connectivity index (χ4n) is 1.66. The van der Waals surface area contributed by atoms with Crippen LogP contribution in [-0.4, -0.2) is 45.8 Å². The molecular weight excluding hydrogens is 296 g/mol. The van der Waals surface area contributed by atoms with Crippen molar-refractivity contribution in [1.29, 1.82) is 0 Å². The van der Waals surface area contributed by atoms with E-state index in [0.29, 0.717) is 11.3 Å². The molecule has 21 heavy (non-hydrogen) atoms. The highest BCUT2D eigenvalue weighted by molar-refractivity contribution is 7.89. The van der Waals surface area contributed by atoms with Crippen LogP contribution in [0.2, 0.25) is 0 Å². The second kappa shape index (κ2) is 8.08. The van der Waals surface area contributed by atoms with Crippen molar-refractivity contribution in [3.63, 3.8) is 0 Å². The fraction of sp³-hybridized carbons (Fsp3) is 0.462. The third-order valence-electron chi connectivity index (χ3n) is 2.57. The van der Waals surface area contributed by atoms with Crippen molar-refractivity contribution >= 4 is 21.6 Å². The molecule has 1 aromatic rings. The normalized spacial score (nSPS) is 11.4. The Morgan fingerprint density at radius 3 is 2.67 bits per heavy atom. The van der Waals surface area contributed by atoms with Gasteiger partial charge in [-0.05, 0) is 24.6 Å². The molecule has 118 valence electrons. The molecule has 0 atom stereocenters. The number of aliphatic hydroxyl groups excluding tert-OH is 1. The minimum Gasteiger partial charge on any atom is -0.394 e.